The molecule has 1 aromatic rings. The summed E-state index contributed by atoms with van der Waals surface area (Å²) in [7, 11) is -2.42. The minimum absolute atomic E-state index is 0.0500. The van der Waals surface area contributed by atoms with Gasteiger partial charge in [-0.1, -0.05) is 13.0 Å². The zero-order valence-corrected chi connectivity index (χ0v) is 13.4. The van der Waals surface area contributed by atoms with Crippen molar-refractivity contribution in [1.29, 1.82) is 0 Å². The number of aliphatic carboxylic acids is 1. The molecule has 1 aromatic carbocycles. The van der Waals surface area contributed by atoms with Crippen LogP contribution in [0.15, 0.2) is 29.2 Å². The van der Waals surface area contributed by atoms with Crippen LogP contribution in [0, 0.1) is 0 Å². The summed E-state index contributed by atoms with van der Waals surface area (Å²) in [5.74, 6) is -0.440. The van der Waals surface area contributed by atoms with Crippen molar-refractivity contribution in [1.82, 2.24) is 4.31 Å². The number of nitrogens with zero attached hydrogens (tertiary/aromatic N) is 1. The largest absolute Gasteiger partial charge is 0.497 e. The van der Waals surface area contributed by atoms with E-state index in [0.29, 0.717) is 12.2 Å². The highest BCUT2D eigenvalue weighted by atomic mass is 32.2. The maximum atomic E-state index is 12.8. The number of carbonyl (C=O) groups is 1. The number of carboxylic acid groups (broad SMARTS) is 1. The SMILES string of the molecule is CCC1SCC(C(=O)O)N1S(=O)(=O)c1cccc(OC)c1. The highest BCUT2D eigenvalue weighted by Crippen LogP contribution is 2.36. The monoisotopic (exact) mass is 331 g/mol. The number of ether oxygens (including phenoxy) is 1. The summed E-state index contributed by atoms with van der Waals surface area (Å²) in [5, 5.41) is 8.90. The molecule has 1 heterocycles. The minimum Gasteiger partial charge on any atom is -0.497 e. The molecule has 21 heavy (non-hydrogen) atoms. The molecule has 2 rings (SSSR count). The first-order valence-corrected chi connectivity index (χ1v) is 8.92. The van der Waals surface area contributed by atoms with Gasteiger partial charge < -0.3 is 9.84 Å². The lowest BCUT2D eigenvalue weighted by atomic mass is 10.3. The van der Waals surface area contributed by atoms with Crippen LogP contribution < -0.4 is 4.74 Å². The maximum Gasteiger partial charge on any atom is 0.322 e. The Kier molecular flexibility index (Phi) is 4.80. The van der Waals surface area contributed by atoms with Crippen LogP contribution in [-0.4, -0.2) is 48.1 Å². The molecule has 0 amide bonds. The van der Waals surface area contributed by atoms with Crippen LogP contribution >= 0.6 is 11.8 Å². The molecule has 0 spiro atoms. The summed E-state index contributed by atoms with van der Waals surface area (Å²) in [4.78, 5) is 11.4. The second kappa shape index (κ2) is 6.25. The summed E-state index contributed by atoms with van der Waals surface area (Å²) >= 11 is 1.35. The summed E-state index contributed by atoms with van der Waals surface area (Å²) in [5.41, 5.74) is 0. The Morgan fingerprint density at radius 2 is 2.24 bits per heavy atom. The predicted octanol–water partition coefficient (Wildman–Crippen LogP) is 1.62. The fourth-order valence-corrected chi connectivity index (χ4v) is 5.80. The number of sulfonamides is 1. The van der Waals surface area contributed by atoms with Gasteiger partial charge in [0.15, 0.2) is 0 Å². The van der Waals surface area contributed by atoms with Gasteiger partial charge >= 0.3 is 5.97 Å². The molecule has 0 aromatic heterocycles. The van der Waals surface area contributed by atoms with Gasteiger partial charge in [0.25, 0.3) is 0 Å². The Balaban J connectivity index is 2.46. The van der Waals surface area contributed by atoms with E-state index in [1.165, 1.54) is 31.0 Å². The molecule has 1 aliphatic rings. The Bertz CT molecular complexity index is 631. The van der Waals surface area contributed by atoms with Crippen molar-refractivity contribution < 1.29 is 23.1 Å². The molecular formula is C13H17NO5S2. The molecule has 1 N–H and O–H groups in total. The van der Waals surface area contributed by atoms with Gasteiger partial charge in [0, 0.05) is 11.8 Å². The van der Waals surface area contributed by atoms with Crippen LogP contribution in [0.1, 0.15) is 13.3 Å². The molecule has 0 bridgehead atoms. The molecule has 2 atom stereocenters. The first-order valence-electron chi connectivity index (χ1n) is 6.43. The number of methoxy groups -OCH3 is 1. The smallest absolute Gasteiger partial charge is 0.322 e. The predicted molar refractivity (Wildman–Crippen MR) is 80.0 cm³/mol. The van der Waals surface area contributed by atoms with Crippen molar-refractivity contribution in [3.05, 3.63) is 24.3 Å². The Labute approximate surface area is 128 Å². The number of carboxylic acids is 1. The first kappa shape index (κ1) is 16.1. The summed E-state index contributed by atoms with van der Waals surface area (Å²) in [6, 6.07) is 5.04. The summed E-state index contributed by atoms with van der Waals surface area (Å²) < 4.78 is 31.7. The van der Waals surface area contributed by atoms with Gasteiger partial charge in [-0.15, -0.1) is 11.8 Å². The van der Waals surface area contributed by atoms with Gasteiger partial charge in [-0.2, -0.15) is 4.31 Å². The van der Waals surface area contributed by atoms with Crippen LogP contribution in [0.2, 0.25) is 0 Å². The summed E-state index contributed by atoms with van der Waals surface area (Å²) in [6.07, 6.45) is 0.553. The lowest BCUT2D eigenvalue weighted by Crippen LogP contribution is -2.45. The van der Waals surface area contributed by atoms with Gasteiger partial charge in [0.05, 0.1) is 17.4 Å². The number of hydrogen-bond acceptors (Lipinski definition) is 5. The number of hydrogen-bond donors (Lipinski definition) is 1. The Morgan fingerprint density at radius 1 is 1.52 bits per heavy atom. The average Bonchev–Trinajstić information content (AvgIpc) is 2.92. The van der Waals surface area contributed by atoms with E-state index in [2.05, 4.69) is 0 Å². The Hall–Kier alpha value is -1.25. The van der Waals surface area contributed by atoms with Gasteiger partial charge in [-0.05, 0) is 18.6 Å². The molecule has 0 saturated carbocycles. The van der Waals surface area contributed by atoms with Crippen molar-refractivity contribution in [2.75, 3.05) is 12.9 Å². The fraction of sp³-hybridized carbons (Fsp3) is 0.462. The highest BCUT2D eigenvalue weighted by molar-refractivity contribution is 8.01. The quantitative estimate of drug-likeness (QED) is 0.883. The number of benzene rings is 1. The number of rotatable bonds is 5. The van der Waals surface area contributed by atoms with E-state index in [1.807, 2.05) is 6.92 Å². The number of thioether (sulfide) groups is 1. The van der Waals surface area contributed by atoms with Crippen molar-refractivity contribution in [3.63, 3.8) is 0 Å². The van der Waals surface area contributed by atoms with E-state index in [0.717, 1.165) is 4.31 Å². The average molecular weight is 331 g/mol. The van der Waals surface area contributed by atoms with E-state index < -0.39 is 22.0 Å². The van der Waals surface area contributed by atoms with Crippen LogP contribution in [0.4, 0.5) is 0 Å². The molecular weight excluding hydrogens is 314 g/mol. The fourth-order valence-electron chi connectivity index (χ4n) is 2.23. The van der Waals surface area contributed by atoms with E-state index in [4.69, 9.17) is 4.74 Å². The van der Waals surface area contributed by atoms with Crippen molar-refractivity contribution in [3.8, 4) is 5.75 Å². The highest BCUT2D eigenvalue weighted by Gasteiger charge is 2.45. The molecule has 0 aliphatic carbocycles. The zero-order chi connectivity index (χ0) is 15.6. The van der Waals surface area contributed by atoms with Gasteiger partial charge in [0.1, 0.15) is 11.8 Å². The zero-order valence-electron chi connectivity index (χ0n) is 11.7. The van der Waals surface area contributed by atoms with E-state index in [1.54, 1.807) is 12.1 Å². The van der Waals surface area contributed by atoms with E-state index in [-0.39, 0.29) is 16.0 Å². The van der Waals surface area contributed by atoms with Crippen LogP contribution in [0.25, 0.3) is 0 Å². The first-order chi connectivity index (χ1) is 9.91. The molecule has 116 valence electrons. The van der Waals surface area contributed by atoms with Gasteiger partial charge in [-0.3, -0.25) is 4.79 Å². The third-order valence-corrected chi connectivity index (χ3v) is 6.79. The second-order valence-corrected chi connectivity index (χ2v) is 7.62. The molecule has 1 saturated heterocycles. The molecule has 1 fully saturated rings. The van der Waals surface area contributed by atoms with Gasteiger partial charge in [-0.25, -0.2) is 8.42 Å². The second-order valence-electron chi connectivity index (χ2n) is 4.56. The third-order valence-electron chi connectivity index (χ3n) is 3.29. The lowest BCUT2D eigenvalue weighted by Gasteiger charge is -2.25. The van der Waals surface area contributed by atoms with Crippen molar-refractivity contribution in [2.45, 2.75) is 29.7 Å². The van der Waals surface area contributed by atoms with Crippen LogP contribution in [-0.2, 0) is 14.8 Å². The molecule has 1 aliphatic heterocycles. The third kappa shape index (κ3) is 3.02. The molecule has 6 nitrogen and oxygen atoms in total. The standard InChI is InChI=1S/C13H17NO5S2/c1-3-12-14(11(8-20-12)13(15)16)21(17,18)10-6-4-5-9(7-10)19-2/h4-7,11-12H,3,8H2,1-2H3,(H,15,16). The Morgan fingerprint density at radius 3 is 2.81 bits per heavy atom. The van der Waals surface area contributed by atoms with Crippen LogP contribution in [0.3, 0.4) is 0 Å². The van der Waals surface area contributed by atoms with Gasteiger partial charge in [0.2, 0.25) is 10.0 Å². The van der Waals surface area contributed by atoms with E-state index >= 15 is 0 Å². The summed E-state index contributed by atoms with van der Waals surface area (Å²) in [6.45, 7) is 1.84. The molecule has 8 heteroatoms. The molecule has 0 radical (unpaired) electrons. The lowest BCUT2D eigenvalue weighted by molar-refractivity contribution is -0.140. The molecule has 2 unspecified atom stereocenters. The normalized spacial score (nSPS) is 23.1. The van der Waals surface area contributed by atoms with E-state index in [9.17, 15) is 18.3 Å². The van der Waals surface area contributed by atoms with Crippen molar-refractivity contribution in [2.24, 2.45) is 0 Å². The maximum absolute atomic E-state index is 12.8. The van der Waals surface area contributed by atoms with Crippen LogP contribution in [0.5, 0.6) is 5.75 Å². The topological polar surface area (TPSA) is 83.9 Å². The van der Waals surface area contributed by atoms with Crippen molar-refractivity contribution >= 4 is 27.8 Å². The minimum atomic E-state index is -3.88.